The molecule has 6 nitrogen and oxygen atoms in total. The fraction of sp³-hybridized carbons (Fsp3) is 0.250. The minimum Gasteiger partial charge on any atom is -0.358 e. The van der Waals surface area contributed by atoms with Crippen molar-refractivity contribution in [2.75, 3.05) is 0 Å². The Bertz CT molecular complexity index is 722. The van der Waals surface area contributed by atoms with Crippen molar-refractivity contribution in [2.24, 2.45) is 0 Å². The van der Waals surface area contributed by atoms with E-state index < -0.39 is 4.92 Å². The van der Waals surface area contributed by atoms with E-state index in [1.807, 2.05) is 6.08 Å². The largest absolute Gasteiger partial charge is 0.397 e. The zero-order valence-corrected chi connectivity index (χ0v) is 14.8. The SMILES string of the molecule is Cc1nc([N+](=O)[O-])c(Br)n1C(=O)CC1=CC(Br)=CCC1=S. The molecule has 110 valence electrons. The molecule has 9 heteroatoms. The Morgan fingerprint density at radius 1 is 1.57 bits per heavy atom. The Morgan fingerprint density at radius 3 is 2.81 bits per heavy atom. The lowest BCUT2D eigenvalue weighted by molar-refractivity contribution is -0.390. The van der Waals surface area contributed by atoms with Gasteiger partial charge in [0, 0.05) is 22.7 Å². The van der Waals surface area contributed by atoms with Crippen LogP contribution in [0.2, 0.25) is 0 Å². The Labute approximate surface area is 142 Å². The van der Waals surface area contributed by atoms with Crippen LogP contribution in [0.1, 0.15) is 23.5 Å². The van der Waals surface area contributed by atoms with Gasteiger partial charge < -0.3 is 10.1 Å². The van der Waals surface area contributed by atoms with Crippen molar-refractivity contribution in [3.8, 4) is 0 Å². The monoisotopic (exact) mass is 433 g/mol. The minimum absolute atomic E-state index is 0.0481. The summed E-state index contributed by atoms with van der Waals surface area (Å²) in [5.74, 6) is -0.437. The number of halogens is 2. The lowest BCUT2D eigenvalue weighted by atomic mass is 10.0. The molecule has 0 amide bonds. The highest BCUT2D eigenvalue weighted by Crippen LogP contribution is 2.27. The first kappa shape index (κ1) is 16.2. The van der Waals surface area contributed by atoms with E-state index in [2.05, 4.69) is 36.8 Å². The van der Waals surface area contributed by atoms with Crippen LogP contribution in [0.4, 0.5) is 5.82 Å². The van der Waals surface area contributed by atoms with E-state index in [4.69, 9.17) is 12.2 Å². The maximum atomic E-state index is 12.4. The smallest absolute Gasteiger partial charge is 0.358 e. The van der Waals surface area contributed by atoms with Crippen molar-refractivity contribution in [1.82, 2.24) is 9.55 Å². The second-order valence-corrected chi connectivity index (χ2v) is 6.48. The van der Waals surface area contributed by atoms with Gasteiger partial charge in [-0.25, -0.2) is 4.57 Å². The zero-order chi connectivity index (χ0) is 15.7. The molecule has 1 aromatic heterocycles. The summed E-state index contributed by atoms with van der Waals surface area (Å²) in [4.78, 5) is 27.1. The molecular formula is C12H9Br2N3O3S. The van der Waals surface area contributed by atoms with Gasteiger partial charge in [0.15, 0.2) is 4.60 Å². The highest BCUT2D eigenvalue weighted by Gasteiger charge is 2.28. The highest BCUT2D eigenvalue weighted by atomic mass is 79.9. The van der Waals surface area contributed by atoms with Crippen LogP contribution >= 0.6 is 44.1 Å². The summed E-state index contributed by atoms with van der Waals surface area (Å²) in [6.07, 6.45) is 4.37. The summed E-state index contributed by atoms with van der Waals surface area (Å²) in [7, 11) is 0. The van der Waals surface area contributed by atoms with E-state index in [1.165, 1.54) is 4.57 Å². The summed E-state index contributed by atoms with van der Waals surface area (Å²) in [6.45, 7) is 1.54. The van der Waals surface area contributed by atoms with Gasteiger partial charge >= 0.3 is 5.82 Å². The molecule has 0 fully saturated rings. The third-order valence-electron chi connectivity index (χ3n) is 2.89. The van der Waals surface area contributed by atoms with Crippen molar-refractivity contribution in [2.45, 2.75) is 19.8 Å². The molecule has 1 aliphatic carbocycles. The lowest BCUT2D eigenvalue weighted by Gasteiger charge is -2.12. The summed E-state index contributed by atoms with van der Waals surface area (Å²) < 4.78 is 2.10. The first-order valence-electron chi connectivity index (χ1n) is 5.83. The predicted octanol–water partition coefficient (Wildman–Crippen LogP) is 3.87. The third kappa shape index (κ3) is 3.35. The molecule has 0 bridgehead atoms. The number of nitrogens with zero attached hydrogens (tertiary/aromatic N) is 3. The van der Waals surface area contributed by atoms with Crippen molar-refractivity contribution in [3.05, 3.63) is 42.7 Å². The van der Waals surface area contributed by atoms with E-state index in [0.717, 1.165) is 10.1 Å². The van der Waals surface area contributed by atoms with Gasteiger partial charge in [-0.2, -0.15) is 0 Å². The number of imidazole rings is 1. The van der Waals surface area contributed by atoms with Gasteiger partial charge in [-0.05, 0) is 37.5 Å². The van der Waals surface area contributed by atoms with Crippen LogP contribution in [0.25, 0.3) is 0 Å². The van der Waals surface area contributed by atoms with Crippen molar-refractivity contribution in [3.63, 3.8) is 0 Å². The number of carbonyl (C=O) groups excluding carboxylic acids is 1. The molecule has 0 atom stereocenters. The van der Waals surface area contributed by atoms with E-state index in [9.17, 15) is 14.9 Å². The number of nitro groups is 1. The number of hydrogen-bond acceptors (Lipinski definition) is 5. The van der Waals surface area contributed by atoms with E-state index in [1.54, 1.807) is 13.0 Å². The Balaban J connectivity index is 2.32. The quantitative estimate of drug-likeness (QED) is 0.410. The molecule has 1 aromatic rings. The average Bonchev–Trinajstić information content (AvgIpc) is 2.69. The van der Waals surface area contributed by atoms with Crippen LogP contribution < -0.4 is 0 Å². The molecule has 2 rings (SSSR count). The maximum absolute atomic E-state index is 12.4. The number of carbonyl (C=O) groups is 1. The van der Waals surface area contributed by atoms with Crippen molar-refractivity contribution < 1.29 is 9.72 Å². The molecule has 1 aliphatic rings. The van der Waals surface area contributed by atoms with E-state index in [-0.39, 0.29) is 28.6 Å². The standard InChI is InChI=1S/C12H9Br2N3O3S/c1-6-15-12(17(19)20)11(14)16(6)10(18)5-7-4-8(13)2-3-9(7)21/h2,4H,3,5H2,1H3. The molecule has 0 radical (unpaired) electrons. The molecule has 0 aliphatic heterocycles. The molecule has 0 saturated heterocycles. The topological polar surface area (TPSA) is 78.0 Å². The van der Waals surface area contributed by atoms with Crippen molar-refractivity contribution in [1.29, 1.82) is 0 Å². The molecule has 0 N–H and O–H groups in total. The van der Waals surface area contributed by atoms with Gasteiger partial charge in [0.1, 0.15) is 0 Å². The lowest BCUT2D eigenvalue weighted by Crippen LogP contribution is -2.16. The van der Waals surface area contributed by atoms with Gasteiger partial charge in [0.2, 0.25) is 11.7 Å². The Hall–Kier alpha value is -1.19. The zero-order valence-electron chi connectivity index (χ0n) is 10.8. The van der Waals surface area contributed by atoms with Gasteiger partial charge in [-0.15, -0.1) is 0 Å². The van der Waals surface area contributed by atoms with Crippen LogP contribution in [-0.4, -0.2) is 25.2 Å². The molecular weight excluding hydrogens is 426 g/mol. The second kappa shape index (κ2) is 6.29. The predicted molar refractivity (Wildman–Crippen MR) is 88.9 cm³/mol. The number of rotatable bonds is 3. The summed E-state index contributed by atoms with van der Waals surface area (Å²) >= 11 is 11.6. The van der Waals surface area contributed by atoms with Gasteiger partial charge in [0.05, 0.1) is 6.42 Å². The molecule has 0 saturated carbocycles. The summed E-state index contributed by atoms with van der Waals surface area (Å²) in [6, 6.07) is 0. The summed E-state index contributed by atoms with van der Waals surface area (Å²) in [5.41, 5.74) is 0.729. The van der Waals surface area contributed by atoms with E-state index in [0.29, 0.717) is 11.3 Å². The molecule has 0 spiro atoms. The average molecular weight is 435 g/mol. The minimum atomic E-state index is -0.634. The Kier molecular flexibility index (Phi) is 4.84. The maximum Gasteiger partial charge on any atom is 0.397 e. The van der Waals surface area contributed by atoms with Crippen LogP contribution in [0.3, 0.4) is 0 Å². The van der Waals surface area contributed by atoms with Crippen molar-refractivity contribution >= 4 is 60.7 Å². The second-order valence-electron chi connectivity index (χ2n) is 4.32. The number of thiocarbonyl (C=S) groups is 1. The van der Waals surface area contributed by atoms with Crippen LogP contribution in [0.5, 0.6) is 0 Å². The highest BCUT2D eigenvalue weighted by molar-refractivity contribution is 9.12. The van der Waals surface area contributed by atoms with Gasteiger partial charge in [-0.3, -0.25) is 4.79 Å². The first-order chi connectivity index (χ1) is 9.81. The number of aromatic nitrogens is 2. The third-order valence-corrected chi connectivity index (χ3v) is 4.58. The first-order valence-corrected chi connectivity index (χ1v) is 7.82. The van der Waals surface area contributed by atoms with Crippen LogP contribution in [0.15, 0.2) is 26.8 Å². The molecule has 1 heterocycles. The molecule has 0 aromatic carbocycles. The fourth-order valence-electron chi connectivity index (χ4n) is 1.92. The normalized spacial score (nSPS) is 14.7. The van der Waals surface area contributed by atoms with Gasteiger partial charge in [0.25, 0.3) is 0 Å². The molecule has 0 unspecified atom stereocenters. The Morgan fingerprint density at radius 2 is 2.24 bits per heavy atom. The summed E-state index contributed by atoms with van der Waals surface area (Å²) in [5, 5.41) is 10.8. The molecule has 21 heavy (non-hydrogen) atoms. The fourth-order valence-corrected chi connectivity index (χ4v) is 3.26. The number of hydrogen-bond donors (Lipinski definition) is 0. The number of allylic oxidation sites excluding steroid dienone is 4. The number of aryl methyl sites for hydroxylation is 1. The van der Waals surface area contributed by atoms with Crippen LogP contribution in [-0.2, 0) is 0 Å². The van der Waals surface area contributed by atoms with Crippen LogP contribution in [0, 0.1) is 17.0 Å². The van der Waals surface area contributed by atoms with E-state index >= 15 is 0 Å². The van der Waals surface area contributed by atoms with Gasteiger partial charge in [-0.1, -0.05) is 34.2 Å².